The molecule has 1 heterocycles. The van der Waals surface area contributed by atoms with Gasteiger partial charge in [0.15, 0.2) is 0 Å². The molecule has 1 N–H and O–H groups in total. The Morgan fingerprint density at radius 2 is 2.16 bits per heavy atom. The van der Waals surface area contributed by atoms with Crippen LogP contribution in [0.2, 0.25) is 0 Å². The first kappa shape index (κ1) is 13.9. The van der Waals surface area contributed by atoms with E-state index in [0.29, 0.717) is 19.1 Å². The molecule has 1 amide bonds. The number of anilines is 1. The summed E-state index contributed by atoms with van der Waals surface area (Å²) in [5.74, 6) is 1.26. The molecule has 0 radical (unpaired) electrons. The molecule has 1 unspecified atom stereocenters. The molecule has 1 fully saturated rings. The molecule has 4 nitrogen and oxygen atoms in total. The molecule has 1 aromatic rings. The number of benzene rings is 1. The third-order valence-corrected chi connectivity index (χ3v) is 2.93. The molecule has 4 heteroatoms. The number of amides is 1. The number of carbonyl (C=O) groups is 1. The zero-order chi connectivity index (χ0) is 13.7. The molecular weight excluding hydrogens is 242 g/mol. The number of hydrogen-bond acceptors (Lipinski definition) is 3. The van der Waals surface area contributed by atoms with Crippen LogP contribution >= 0.6 is 0 Å². The van der Waals surface area contributed by atoms with Crippen LogP contribution in [-0.2, 0) is 9.53 Å². The first-order chi connectivity index (χ1) is 9.15. The van der Waals surface area contributed by atoms with Crippen LogP contribution in [0.3, 0.4) is 0 Å². The van der Waals surface area contributed by atoms with Crippen LogP contribution in [0.1, 0.15) is 26.7 Å². The summed E-state index contributed by atoms with van der Waals surface area (Å²) >= 11 is 0. The Labute approximate surface area is 114 Å². The average molecular weight is 263 g/mol. The van der Waals surface area contributed by atoms with Crippen molar-refractivity contribution in [1.29, 1.82) is 0 Å². The predicted octanol–water partition coefficient (Wildman–Crippen LogP) is 2.84. The summed E-state index contributed by atoms with van der Waals surface area (Å²) in [7, 11) is 0. The number of hydrogen-bond donors (Lipinski definition) is 1. The first-order valence-electron chi connectivity index (χ1n) is 6.80. The lowest BCUT2D eigenvalue weighted by Gasteiger charge is -2.12. The lowest BCUT2D eigenvalue weighted by molar-refractivity contribution is -0.124. The van der Waals surface area contributed by atoms with Crippen LogP contribution in [0.5, 0.6) is 5.75 Å². The third-order valence-electron chi connectivity index (χ3n) is 2.93. The van der Waals surface area contributed by atoms with Crippen molar-refractivity contribution in [2.75, 3.05) is 18.5 Å². The quantitative estimate of drug-likeness (QED) is 0.888. The predicted molar refractivity (Wildman–Crippen MR) is 74.4 cm³/mol. The maximum Gasteiger partial charge on any atom is 0.253 e. The topological polar surface area (TPSA) is 47.6 Å². The Bertz CT molecular complexity index is 408. The van der Waals surface area contributed by atoms with E-state index in [1.54, 1.807) is 0 Å². The zero-order valence-corrected chi connectivity index (χ0v) is 11.5. The van der Waals surface area contributed by atoms with Crippen LogP contribution in [0.25, 0.3) is 0 Å². The minimum Gasteiger partial charge on any atom is -0.493 e. The van der Waals surface area contributed by atoms with Gasteiger partial charge in [0.1, 0.15) is 11.9 Å². The monoisotopic (exact) mass is 263 g/mol. The Kier molecular flexibility index (Phi) is 4.80. The molecule has 1 atom stereocenters. The van der Waals surface area contributed by atoms with Crippen molar-refractivity contribution < 1.29 is 14.3 Å². The van der Waals surface area contributed by atoms with E-state index in [0.717, 1.165) is 24.3 Å². The fraction of sp³-hybridized carbons (Fsp3) is 0.533. The summed E-state index contributed by atoms with van der Waals surface area (Å²) in [6.07, 6.45) is 1.47. The van der Waals surface area contributed by atoms with Crippen molar-refractivity contribution in [3.63, 3.8) is 0 Å². The van der Waals surface area contributed by atoms with E-state index in [1.165, 1.54) is 0 Å². The van der Waals surface area contributed by atoms with Gasteiger partial charge >= 0.3 is 0 Å². The van der Waals surface area contributed by atoms with Gasteiger partial charge in [0.05, 0.1) is 6.61 Å². The van der Waals surface area contributed by atoms with Gasteiger partial charge in [-0.05, 0) is 43.0 Å². The van der Waals surface area contributed by atoms with Crippen molar-refractivity contribution in [1.82, 2.24) is 0 Å². The lowest BCUT2D eigenvalue weighted by Crippen LogP contribution is -2.26. The van der Waals surface area contributed by atoms with Crippen molar-refractivity contribution in [2.24, 2.45) is 5.92 Å². The first-order valence-corrected chi connectivity index (χ1v) is 6.80. The highest BCUT2D eigenvalue weighted by atomic mass is 16.5. The number of carbonyl (C=O) groups excluding carboxylic acids is 1. The summed E-state index contributed by atoms with van der Waals surface area (Å²) in [5.41, 5.74) is 0.775. The Balaban J connectivity index is 1.85. The SMILES string of the molecule is CC(C)COc1ccc(NC(=O)C2CCCO2)cc1. The minimum absolute atomic E-state index is 0.0617. The average Bonchev–Trinajstić information content (AvgIpc) is 2.92. The van der Waals surface area contributed by atoms with Crippen LogP contribution in [0.15, 0.2) is 24.3 Å². The maximum absolute atomic E-state index is 11.8. The maximum atomic E-state index is 11.8. The minimum atomic E-state index is -0.295. The zero-order valence-electron chi connectivity index (χ0n) is 11.5. The number of rotatable bonds is 5. The van der Waals surface area contributed by atoms with Gasteiger partial charge < -0.3 is 14.8 Å². The number of ether oxygens (including phenoxy) is 2. The third kappa shape index (κ3) is 4.24. The van der Waals surface area contributed by atoms with E-state index in [2.05, 4.69) is 19.2 Å². The van der Waals surface area contributed by atoms with Gasteiger partial charge in [-0.3, -0.25) is 4.79 Å². The Morgan fingerprint density at radius 3 is 2.74 bits per heavy atom. The normalized spacial score (nSPS) is 18.6. The van der Waals surface area contributed by atoms with Crippen LogP contribution in [-0.4, -0.2) is 25.2 Å². The van der Waals surface area contributed by atoms with Crippen LogP contribution < -0.4 is 10.1 Å². The Hall–Kier alpha value is -1.55. The van der Waals surface area contributed by atoms with Gasteiger partial charge in [-0.2, -0.15) is 0 Å². The van der Waals surface area contributed by atoms with Gasteiger partial charge in [-0.15, -0.1) is 0 Å². The second-order valence-corrected chi connectivity index (χ2v) is 5.22. The number of nitrogens with one attached hydrogen (secondary N) is 1. The van der Waals surface area contributed by atoms with E-state index < -0.39 is 0 Å². The Morgan fingerprint density at radius 1 is 1.42 bits per heavy atom. The van der Waals surface area contributed by atoms with Gasteiger partial charge in [0, 0.05) is 12.3 Å². The molecular formula is C15H21NO3. The lowest BCUT2D eigenvalue weighted by atomic mass is 10.2. The van der Waals surface area contributed by atoms with Crippen molar-refractivity contribution in [3.05, 3.63) is 24.3 Å². The van der Waals surface area contributed by atoms with Gasteiger partial charge in [-0.1, -0.05) is 13.8 Å². The van der Waals surface area contributed by atoms with Crippen molar-refractivity contribution in [3.8, 4) is 5.75 Å². The summed E-state index contributed by atoms with van der Waals surface area (Å²) in [5, 5.41) is 2.86. The smallest absolute Gasteiger partial charge is 0.253 e. The molecule has 19 heavy (non-hydrogen) atoms. The summed E-state index contributed by atoms with van der Waals surface area (Å²) in [6.45, 7) is 5.59. The molecule has 1 aliphatic rings. The van der Waals surface area contributed by atoms with Crippen molar-refractivity contribution >= 4 is 11.6 Å². The highest BCUT2D eigenvalue weighted by Crippen LogP contribution is 2.18. The molecule has 0 bridgehead atoms. The molecule has 2 rings (SSSR count). The molecule has 104 valence electrons. The summed E-state index contributed by atoms with van der Waals surface area (Å²) in [6, 6.07) is 7.44. The standard InChI is InChI=1S/C15H21NO3/c1-11(2)10-19-13-7-5-12(6-8-13)16-15(17)14-4-3-9-18-14/h5-8,11,14H,3-4,9-10H2,1-2H3,(H,16,17). The highest BCUT2D eigenvalue weighted by Gasteiger charge is 2.23. The second-order valence-electron chi connectivity index (χ2n) is 5.22. The molecule has 1 aliphatic heterocycles. The van der Waals surface area contributed by atoms with Crippen LogP contribution in [0.4, 0.5) is 5.69 Å². The fourth-order valence-electron chi connectivity index (χ4n) is 1.90. The molecule has 1 saturated heterocycles. The van der Waals surface area contributed by atoms with E-state index in [-0.39, 0.29) is 12.0 Å². The fourth-order valence-corrected chi connectivity index (χ4v) is 1.90. The highest BCUT2D eigenvalue weighted by molar-refractivity contribution is 5.94. The largest absolute Gasteiger partial charge is 0.493 e. The van der Waals surface area contributed by atoms with Gasteiger partial charge in [-0.25, -0.2) is 0 Å². The molecule has 0 aromatic heterocycles. The molecule has 0 aliphatic carbocycles. The summed E-state index contributed by atoms with van der Waals surface area (Å²) < 4.78 is 10.9. The van der Waals surface area contributed by atoms with E-state index in [9.17, 15) is 4.79 Å². The molecule has 0 spiro atoms. The van der Waals surface area contributed by atoms with Gasteiger partial charge in [0.25, 0.3) is 5.91 Å². The second kappa shape index (κ2) is 6.57. The summed E-state index contributed by atoms with van der Waals surface area (Å²) in [4.78, 5) is 11.8. The van der Waals surface area contributed by atoms with E-state index >= 15 is 0 Å². The molecule has 1 aromatic carbocycles. The van der Waals surface area contributed by atoms with Crippen molar-refractivity contribution in [2.45, 2.75) is 32.8 Å². The molecule has 0 saturated carbocycles. The van der Waals surface area contributed by atoms with Gasteiger partial charge in [0.2, 0.25) is 0 Å². The van der Waals surface area contributed by atoms with Crippen LogP contribution in [0, 0.1) is 5.92 Å². The van der Waals surface area contributed by atoms with E-state index in [4.69, 9.17) is 9.47 Å². The van der Waals surface area contributed by atoms with E-state index in [1.807, 2.05) is 24.3 Å².